The van der Waals surface area contributed by atoms with E-state index < -0.39 is 11.6 Å². The zero-order chi connectivity index (χ0) is 12.8. The monoisotopic (exact) mass is 266 g/mol. The Balaban J connectivity index is 1.82. The van der Waals surface area contributed by atoms with Crippen LogP contribution in [0.2, 0.25) is 0 Å². The van der Waals surface area contributed by atoms with Gasteiger partial charge >= 0.3 is 0 Å². The van der Waals surface area contributed by atoms with Crippen molar-refractivity contribution in [3.05, 3.63) is 60.2 Å². The highest BCUT2D eigenvalue weighted by molar-refractivity contribution is 7.99. The van der Waals surface area contributed by atoms with Gasteiger partial charge in [0.25, 0.3) is 0 Å². The van der Waals surface area contributed by atoms with Crippen LogP contribution in [0.1, 0.15) is 0 Å². The van der Waals surface area contributed by atoms with E-state index in [0.717, 1.165) is 4.90 Å². The van der Waals surface area contributed by atoms with E-state index in [1.807, 2.05) is 30.3 Å². The fourth-order valence-electron chi connectivity index (χ4n) is 1.44. The van der Waals surface area contributed by atoms with Crippen molar-refractivity contribution in [2.24, 2.45) is 0 Å². The number of hydrogen-bond acceptors (Lipinski definition) is 2. The second-order valence-electron chi connectivity index (χ2n) is 3.56. The predicted molar refractivity (Wildman–Crippen MR) is 69.0 cm³/mol. The summed E-state index contributed by atoms with van der Waals surface area (Å²) >= 11 is 1.58. The van der Waals surface area contributed by atoms with Crippen LogP contribution in [0.25, 0.3) is 0 Å². The average molecular weight is 266 g/mol. The van der Waals surface area contributed by atoms with Crippen LogP contribution in [-0.2, 0) is 0 Å². The fraction of sp³-hybridized carbons (Fsp3) is 0.143. The summed E-state index contributed by atoms with van der Waals surface area (Å²) in [5.41, 5.74) is 0. The standard InChI is InChI=1S/C14H12F2OS/c15-12-7-4-8-13(16)14(12)17-9-10-18-11-5-2-1-3-6-11/h1-8H,9-10H2. The molecule has 0 bridgehead atoms. The molecule has 2 aromatic carbocycles. The molecule has 0 aromatic heterocycles. The van der Waals surface area contributed by atoms with Crippen LogP contribution in [0, 0.1) is 11.6 Å². The molecule has 4 heteroatoms. The Morgan fingerprint density at radius 1 is 0.889 bits per heavy atom. The maximum atomic E-state index is 13.2. The zero-order valence-electron chi connectivity index (χ0n) is 9.61. The van der Waals surface area contributed by atoms with Gasteiger partial charge in [0.15, 0.2) is 17.4 Å². The topological polar surface area (TPSA) is 9.23 Å². The molecule has 0 unspecified atom stereocenters. The van der Waals surface area contributed by atoms with E-state index in [2.05, 4.69) is 0 Å². The average Bonchev–Trinajstić information content (AvgIpc) is 2.38. The molecule has 2 aromatic rings. The van der Waals surface area contributed by atoms with Crippen molar-refractivity contribution in [2.45, 2.75) is 4.90 Å². The van der Waals surface area contributed by atoms with E-state index >= 15 is 0 Å². The Labute approximate surface area is 109 Å². The summed E-state index contributed by atoms with van der Waals surface area (Å²) in [6, 6.07) is 13.5. The van der Waals surface area contributed by atoms with Gasteiger partial charge in [-0.05, 0) is 24.3 Å². The first-order valence-electron chi connectivity index (χ1n) is 5.52. The Morgan fingerprint density at radius 3 is 2.22 bits per heavy atom. The van der Waals surface area contributed by atoms with Crippen molar-refractivity contribution in [2.75, 3.05) is 12.4 Å². The molecule has 0 atom stereocenters. The predicted octanol–water partition coefficient (Wildman–Crippen LogP) is 4.14. The molecule has 0 spiro atoms. The Bertz CT molecular complexity index is 482. The second kappa shape index (κ2) is 6.40. The lowest BCUT2D eigenvalue weighted by Crippen LogP contribution is -2.03. The normalized spacial score (nSPS) is 10.3. The largest absolute Gasteiger partial charge is 0.487 e. The Morgan fingerprint density at radius 2 is 1.56 bits per heavy atom. The van der Waals surface area contributed by atoms with Gasteiger partial charge in [0.2, 0.25) is 0 Å². The number of halogens is 2. The van der Waals surface area contributed by atoms with Crippen molar-refractivity contribution in [1.29, 1.82) is 0 Å². The number of rotatable bonds is 5. The van der Waals surface area contributed by atoms with Crippen LogP contribution >= 0.6 is 11.8 Å². The van der Waals surface area contributed by atoms with Gasteiger partial charge in [-0.3, -0.25) is 0 Å². The highest BCUT2D eigenvalue weighted by atomic mass is 32.2. The van der Waals surface area contributed by atoms with E-state index in [1.165, 1.54) is 18.2 Å². The van der Waals surface area contributed by atoms with E-state index in [9.17, 15) is 8.78 Å². The molecule has 0 aliphatic heterocycles. The number of para-hydroxylation sites is 1. The van der Waals surface area contributed by atoms with Gasteiger partial charge in [0, 0.05) is 10.6 Å². The third-order valence-corrected chi connectivity index (χ3v) is 3.24. The summed E-state index contributed by atoms with van der Waals surface area (Å²) in [6.07, 6.45) is 0. The molecule has 18 heavy (non-hydrogen) atoms. The molecule has 0 N–H and O–H groups in total. The SMILES string of the molecule is Fc1cccc(F)c1OCCSc1ccccc1. The number of ether oxygens (including phenoxy) is 1. The molecule has 0 fully saturated rings. The Kier molecular flexibility index (Phi) is 4.59. The van der Waals surface area contributed by atoms with Crippen LogP contribution in [0.3, 0.4) is 0 Å². The maximum Gasteiger partial charge on any atom is 0.190 e. The second-order valence-corrected chi connectivity index (χ2v) is 4.73. The van der Waals surface area contributed by atoms with Gasteiger partial charge in [0.05, 0.1) is 6.61 Å². The number of benzene rings is 2. The third-order valence-electron chi connectivity index (χ3n) is 2.26. The number of thioether (sulfide) groups is 1. The van der Waals surface area contributed by atoms with Crippen LogP contribution in [0.15, 0.2) is 53.4 Å². The van der Waals surface area contributed by atoms with Gasteiger partial charge in [0.1, 0.15) is 0 Å². The van der Waals surface area contributed by atoms with Gasteiger partial charge in [-0.2, -0.15) is 0 Å². The van der Waals surface area contributed by atoms with Gasteiger partial charge in [-0.15, -0.1) is 11.8 Å². The van der Waals surface area contributed by atoms with Gasteiger partial charge in [-0.1, -0.05) is 24.3 Å². The summed E-state index contributed by atoms with van der Waals surface area (Å²) in [5, 5.41) is 0. The van der Waals surface area contributed by atoms with Crippen LogP contribution in [0.4, 0.5) is 8.78 Å². The zero-order valence-corrected chi connectivity index (χ0v) is 10.4. The van der Waals surface area contributed by atoms with Gasteiger partial charge in [-0.25, -0.2) is 8.78 Å². The highest BCUT2D eigenvalue weighted by Gasteiger charge is 2.08. The molecular formula is C14H12F2OS. The number of hydrogen-bond donors (Lipinski definition) is 0. The van der Waals surface area contributed by atoms with Crippen molar-refractivity contribution < 1.29 is 13.5 Å². The third kappa shape index (κ3) is 3.47. The molecular weight excluding hydrogens is 254 g/mol. The van der Waals surface area contributed by atoms with Crippen LogP contribution < -0.4 is 4.74 Å². The molecule has 0 saturated heterocycles. The Hall–Kier alpha value is -1.55. The molecule has 0 heterocycles. The molecule has 0 amide bonds. The van der Waals surface area contributed by atoms with Crippen molar-refractivity contribution in [1.82, 2.24) is 0 Å². The summed E-state index contributed by atoms with van der Waals surface area (Å²) in [5.74, 6) is -0.997. The van der Waals surface area contributed by atoms with E-state index in [4.69, 9.17) is 4.74 Å². The summed E-state index contributed by atoms with van der Waals surface area (Å²) < 4.78 is 31.6. The smallest absolute Gasteiger partial charge is 0.190 e. The molecule has 0 aliphatic carbocycles. The minimum Gasteiger partial charge on any atom is -0.487 e. The molecule has 0 saturated carbocycles. The lowest BCUT2D eigenvalue weighted by atomic mass is 10.3. The van der Waals surface area contributed by atoms with Crippen molar-refractivity contribution in [3.63, 3.8) is 0 Å². The fourth-order valence-corrected chi connectivity index (χ4v) is 2.19. The first-order chi connectivity index (χ1) is 8.77. The minimum absolute atomic E-state index is 0.261. The van der Waals surface area contributed by atoms with Crippen LogP contribution in [0.5, 0.6) is 5.75 Å². The van der Waals surface area contributed by atoms with Crippen molar-refractivity contribution in [3.8, 4) is 5.75 Å². The first kappa shape index (κ1) is 12.9. The molecule has 94 valence electrons. The lowest BCUT2D eigenvalue weighted by molar-refractivity contribution is 0.306. The molecule has 0 radical (unpaired) electrons. The van der Waals surface area contributed by atoms with E-state index in [1.54, 1.807) is 11.8 Å². The quantitative estimate of drug-likeness (QED) is 0.594. The van der Waals surface area contributed by atoms with E-state index in [-0.39, 0.29) is 12.4 Å². The maximum absolute atomic E-state index is 13.2. The highest BCUT2D eigenvalue weighted by Crippen LogP contribution is 2.22. The first-order valence-corrected chi connectivity index (χ1v) is 6.50. The molecule has 2 rings (SSSR count). The summed E-state index contributed by atoms with van der Waals surface area (Å²) in [4.78, 5) is 1.11. The summed E-state index contributed by atoms with van der Waals surface area (Å²) in [7, 11) is 0. The summed E-state index contributed by atoms with van der Waals surface area (Å²) in [6.45, 7) is 0.261. The van der Waals surface area contributed by atoms with Gasteiger partial charge < -0.3 is 4.74 Å². The minimum atomic E-state index is -0.667. The van der Waals surface area contributed by atoms with Crippen molar-refractivity contribution >= 4 is 11.8 Å². The molecule has 0 aliphatic rings. The lowest BCUT2D eigenvalue weighted by Gasteiger charge is -2.07. The van der Waals surface area contributed by atoms with E-state index in [0.29, 0.717) is 5.75 Å². The molecule has 1 nitrogen and oxygen atoms in total. The van der Waals surface area contributed by atoms with Crippen LogP contribution in [-0.4, -0.2) is 12.4 Å².